The zero-order valence-corrected chi connectivity index (χ0v) is 13.1. The van der Waals surface area contributed by atoms with Gasteiger partial charge in [-0.1, -0.05) is 13.8 Å². The molecule has 0 saturated carbocycles. The number of esters is 1. The lowest BCUT2D eigenvalue weighted by Crippen LogP contribution is -2.17. The minimum Gasteiger partial charge on any atom is -0.495 e. The summed E-state index contributed by atoms with van der Waals surface area (Å²) in [7, 11) is 3.31. The Bertz CT molecular complexity index is 649. The lowest BCUT2D eigenvalue weighted by atomic mass is 10.1. The van der Waals surface area contributed by atoms with E-state index in [9.17, 15) is 4.79 Å². The van der Waals surface area contributed by atoms with Crippen LogP contribution in [0.2, 0.25) is 0 Å². The van der Waals surface area contributed by atoms with E-state index in [2.05, 4.69) is 23.9 Å². The molecule has 0 aromatic carbocycles. The predicted octanol–water partition coefficient (Wildman–Crippen LogP) is 2.57. The average molecular weight is 291 g/mol. The Balaban J connectivity index is 2.31. The summed E-state index contributed by atoms with van der Waals surface area (Å²) in [6.45, 7) is 6.07. The summed E-state index contributed by atoms with van der Waals surface area (Å²) in [6.07, 6.45) is 3.78. The molecule has 2 aromatic rings. The van der Waals surface area contributed by atoms with Crippen molar-refractivity contribution in [2.75, 3.05) is 7.11 Å². The van der Waals surface area contributed by atoms with Gasteiger partial charge in [-0.05, 0) is 19.3 Å². The van der Waals surface area contributed by atoms with Crippen LogP contribution in [0.4, 0.5) is 0 Å². The zero-order valence-electron chi connectivity index (χ0n) is 13.1. The first-order chi connectivity index (χ1) is 9.93. The van der Waals surface area contributed by atoms with E-state index in [-0.39, 0.29) is 6.10 Å². The molecule has 0 fully saturated rings. The number of methoxy groups -OCH3 is 1. The van der Waals surface area contributed by atoms with Crippen LogP contribution in [-0.4, -0.2) is 33.9 Å². The van der Waals surface area contributed by atoms with Crippen LogP contribution in [0.5, 0.6) is 5.75 Å². The lowest BCUT2D eigenvalue weighted by molar-refractivity contribution is 0.0296. The Morgan fingerprint density at radius 3 is 2.67 bits per heavy atom. The smallest absolute Gasteiger partial charge is 0.343 e. The third-order valence-electron chi connectivity index (χ3n) is 3.25. The van der Waals surface area contributed by atoms with Gasteiger partial charge < -0.3 is 9.47 Å². The zero-order chi connectivity index (χ0) is 15.6. The highest BCUT2D eigenvalue weighted by Crippen LogP contribution is 2.28. The minimum absolute atomic E-state index is 0.146. The molecule has 6 nitrogen and oxygen atoms in total. The molecule has 2 aromatic heterocycles. The number of hydrogen-bond acceptors (Lipinski definition) is 5. The molecule has 0 bridgehead atoms. The number of carbonyl (C=O) groups is 1. The summed E-state index contributed by atoms with van der Waals surface area (Å²) in [5.74, 6) is 0.502. The van der Waals surface area contributed by atoms with Gasteiger partial charge in [-0.2, -0.15) is 5.10 Å². The van der Waals surface area contributed by atoms with Crippen molar-refractivity contribution in [1.29, 1.82) is 0 Å². The molecule has 0 aliphatic rings. The second kappa shape index (κ2) is 6.11. The second-order valence-corrected chi connectivity index (χ2v) is 5.56. The highest BCUT2D eigenvalue weighted by Gasteiger charge is 2.21. The van der Waals surface area contributed by atoms with E-state index in [1.54, 1.807) is 17.9 Å². The van der Waals surface area contributed by atoms with Crippen LogP contribution >= 0.6 is 0 Å². The second-order valence-electron chi connectivity index (χ2n) is 5.56. The molecule has 114 valence electrons. The number of carbonyl (C=O) groups excluding carboxylic acids is 1. The molecule has 1 atom stereocenters. The number of ether oxygens (including phenoxy) is 2. The summed E-state index contributed by atoms with van der Waals surface area (Å²) in [5, 5.41) is 4.83. The van der Waals surface area contributed by atoms with Crippen molar-refractivity contribution in [3.05, 3.63) is 18.0 Å². The van der Waals surface area contributed by atoms with Gasteiger partial charge in [0.05, 0.1) is 24.8 Å². The molecule has 0 amide bonds. The minimum atomic E-state index is -0.418. The van der Waals surface area contributed by atoms with Crippen LogP contribution in [0.15, 0.2) is 12.4 Å². The number of pyridine rings is 1. The van der Waals surface area contributed by atoms with E-state index in [1.807, 2.05) is 6.92 Å². The van der Waals surface area contributed by atoms with Gasteiger partial charge in [0.25, 0.3) is 0 Å². The van der Waals surface area contributed by atoms with Crippen molar-refractivity contribution in [1.82, 2.24) is 14.8 Å². The first kappa shape index (κ1) is 15.3. The van der Waals surface area contributed by atoms with E-state index >= 15 is 0 Å². The SMILES string of the molecule is COc1c(C(=O)O[C@@H](C)CC(C)C)cnc2c1cnn2C. The van der Waals surface area contributed by atoms with Crippen LogP contribution in [0, 0.1) is 5.92 Å². The fraction of sp³-hybridized carbons (Fsp3) is 0.533. The third kappa shape index (κ3) is 3.15. The van der Waals surface area contributed by atoms with E-state index < -0.39 is 5.97 Å². The topological polar surface area (TPSA) is 66.2 Å². The van der Waals surface area contributed by atoms with Gasteiger partial charge in [0.1, 0.15) is 11.3 Å². The van der Waals surface area contributed by atoms with Gasteiger partial charge in [-0.15, -0.1) is 0 Å². The van der Waals surface area contributed by atoms with Crippen LogP contribution in [0.3, 0.4) is 0 Å². The molecule has 6 heteroatoms. The summed E-state index contributed by atoms with van der Waals surface area (Å²) in [6, 6.07) is 0. The summed E-state index contributed by atoms with van der Waals surface area (Å²) < 4.78 is 12.5. The van der Waals surface area contributed by atoms with E-state index in [0.717, 1.165) is 6.42 Å². The average Bonchev–Trinajstić information content (AvgIpc) is 2.78. The molecule has 0 aliphatic heterocycles. The fourth-order valence-electron chi connectivity index (χ4n) is 2.40. The first-order valence-electron chi connectivity index (χ1n) is 6.99. The van der Waals surface area contributed by atoms with E-state index in [4.69, 9.17) is 9.47 Å². The molecular formula is C15H21N3O3. The first-order valence-corrected chi connectivity index (χ1v) is 6.99. The van der Waals surface area contributed by atoms with Gasteiger partial charge in [0.2, 0.25) is 0 Å². The summed E-state index contributed by atoms with van der Waals surface area (Å²) in [5.41, 5.74) is 0.993. The van der Waals surface area contributed by atoms with Gasteiger partial charge in [-0.25, -0.2) is 9.78 Å². The number of aromatic nitrogens is 3. The van der Waals surface area contributed by atoms with Crippen molar-refractivity contribution < 1.29 is 14.3 Å². The van der Waals surface area contributed by atoms with Crippen LogP contribution in [0.25, 0.3) is 11.0 Å². The molecule has 2 rings (SSSR count). The Hall–Kier alpha value is -2.11. The Morgan fingerprint density at radius 1 is 1.33 bits per heavy atom. The largest absolute Gasteiger partial charge is 0.495 e. The van der Waals surface area contributed by atoms with Crippen molar-refractivity contribution >= 4 is 17.0 Å². The standard InChI is InChI=1S/C15H21N3O3/c1-9(2)6-10(3)21-15(19)12-7-16-14-11(13(12)20-5)8-17-18(14)4/h7-10H,6H2,1-5H3/t10-/m0/s1. The number of nitrogens with zero attached hydrogens (tertiary/aromatic N) is 3. The van der Waals surface area contributed by atoms with Crippen molar-refractivity contribution in [2.24, 2.45) is 13.0 Å². The Labute approximate surface area is 124 Å². The molecule has 2 heterocycles. The van der Waals surface area contributed by atoms with Crippen LogP contribution in [-0.2, 0) is 11.8 Å². The van der Waals surface area contributed by atoms with Crippen molar-refractivity contribution in [3.63, 3.8) is 0 Å². The maximum atomic E-state index is 12.3. The van der Waals surface area contributed by atoms with Gasteiger partial charge in [0.15, 0.2) is 5.65 Å². The number of rotatable bonds is 5. The lowest BCUT2D eigenvalue weighted by Gasteiger charge is -2.16. The molecular weight excluding hydrogens is 270 g/mol. The maximum absolute atomic E-state index is 12.3. The molecule has 0 aliphatic carbocycles. The quantitative estimate of drug-likeness (QED) is 0.792. The molecule has 0 radical (unpaired) electrons. The van der Waals surface area contributed by atoms with E-state index in [0.29, 0.717) is 28.3 Å². The van der Waals surface area contributed by atoms with Crippen molar-refractivity contribution in [3.8, 4) is 5.75 Å². The van der Waals surface area contributed by atoms with E-state index in [1.165, 1.54) is 13.3 Å². The summed E-state index contributed by atoms with van der Waals surface area (Å²) in [4.78, 5) is 16.6. The molecule has 0 unspecified atom stereocenters. The summed E-state index contributed by atoms with van der Waals surface area (Å²) >= 11 is 0. The number of aryl methyl sites for hydroxylation is 1. The van der Waals surface area contributed by atoms with Crippen molar-refractivity contribution in [2.45, 2.75) is 33.3 Å². The predicted molar refractivity (Wildman–Crippen MR) is 79.4 cm³/mol. The Kier molecular flexibility index (Phi) is 4.45. The van der Waals surface area contributed by atoms with Gasteiger partial charge in [0, 0.05) is 13.2 Å². The van der Waals surface area contributed by atoms with Crippen LogP contribution in [0.1, 0.15) is 37.6 Å². The van der Waals surface area contributed by atoms with Gasteiger partial charge in [-0.3, -0.25) is 4.68 Å². The number of fused-ring (bicyclic) bond motifs is 1. The molecule has 0 saturated heterocycles. The number of hydrogen-bond donors (Lipinski definition) is 0. The maximum Gasteiger partial charge on any atom is 0.343 e. The van der Waals surface area contributed by atoms with Gasteiger partial charge >= 0.3 is 5.97 Å². The highest BCUT2D eigenvalue weighted by molar-refractivity contribution is 5.98. The normalized spacial score (nSPS) is 12.7. The molecule has 21 heavy (non-hydrogen) atoms. The van der Waals surface area contributed by atoms with Crippen LogP contribution < -0.4 is 4.74 Å². The highest BCUT2D eigenvalue weighted by atomic mass is 16.5. The third-order valence-corrected chi connectivity index (χ3v) is 3.25. The fourth-order valence-corrected chi connectivity index (χ4v) is 2.40. The molecule has 0 N–H and O–H groups in total. The monoisotopic (exact) mass is 291 g/mol. The molecule has 0 spiro atoms. The Morgan fingerprint density at radius 2 is 2.05 bits per heavy atom.